The van der Waals surface area contributed by atoms with Crippen LogP contribution in [0.1, 0.15) is 0 Å². The third-order valence-corrected chi connectivity index (χ3v) is 7.68. The first-order valence-corrected chi connectivity index (χ1v) is 13.9. The van der Waals surface area contributed by atoms with E-state index in [2.05, 4.69) is 84.9 Å². The zero-order valence-electron chi connectivity index (χ0n) is 23.4. The summed E-state index contributed by atoms with van der Waals surface area (Å²) in [5.41, 5.74) is 9.73. The maximum atomic E-state index is 5.77. The van der Waals surface area contributed by atoms with Crippen molar-refractivity contribution < 1.29 is 9.47 Å². The lowest BCUT2D eigenvalue weighted by Crippen LogP contribution is -1.95. The standard InChI is InChI=1S/C38H28N2O2/c1-41-35-21-17-29(25-9-5-3-6-10-25)23-31(35)33-19-15-27-13-14-28-16-20-34(40-38(28)37(27)39-33)32-24-30(18-22-36(32)42-2)26-11-7-4-8-12-26/h3-24H,1-2H3. The van der Waals surface area contributed by atoms with E-state index in [0.29, 0.717) is 0 Å². The van der Waals surface area contributed by atoms with Crippen LogP contribution in [0.3, 0.4) is 0 Å². The van der Waals surface area contributed by atoms with Crippen molar-refractivity contribution in [2.45, 2.75) is 0 Å². The monoisotopic (exact) mass is 544 g/mol. The van der Waals surface area contributed by atoms with Crippen LogP contribution in [-0.4, -0.2) is 24.2 Å². The Bertz CT molecular complexity index is 1900. The molecule has 0 aliphatic heterocycles. The molecule has 202 valence electrons. The Hall–Kier alpha value is -5.48. The minimum absolute atomic E-state index is 0.776. The van der Waals surface area contributed by atoms with E-state index in [1.165, 1.54) is 0 Å². The normalized spacial score (nSPS) is 11.1. The van der Waals surface area contributed by atoms with E-state index in [1.807, 2.05) is 48.5 Å². The first-order chi connectivity index (χ1) is 20.7. The molecule has 0 amide bonds. The number of hydrogen-bond donors (Lipinski definition) is 0. The van der Waals surface area contributed by atoms with Crippen molar-refractivity contribution in [2.75, 3.05) is 14.2 Å². The highest BCUT2D eigenvalue weighted by molar-refractivity contribution is 6.04. The van der Waals surface area contributed by atoms with Crippen molar-refractivity contribution in [3.63, 3.8) is 0 Å². The van der Waals surface area contributed by atoms with E-state index < -0.39 is 0 Å². The molecule has 2 aromatic heterocycles. The molecule has 0 atom stereocenters. The van der Waals surface area contributed by atoms with Crippen LogP contribution in [-0.2, 0) is 0 Å². The number of pyridine rings is 2. The molecule has 7 rings (SSSR count). The lowest BCUT2D eigenvalue weighted by atomic mass is 9.99. The number of rotatable bonds is 6. The highest BCUT2D eigenvalue weighted by atomic mass is 16.5. The molecule has 4 heteroatoms. The van der Waals surface area contributed by atoms with Crippen LogP contribution >= 0.6 is 0 Å². The van der Waals surface area contributed by atoms with Gasteiger partial charge in [-0.3, -0.25) is 0 Å². The van der Waals surface area contributed by atoms with Gasteiger partial charge in [0.25, 0.3) is 0 Å². The number of fused-ring (bicyclic) bond motifs is 3. The van der Waals surface area contributed by atoms with Gasteiger partial charge < -0.3 is 9.47 Å². The maximum absolute atomic E-state index is 5.77. The molecule has 42 heavy (non-hydrogen) atoms. The quantitative estimate of drug-likeness (QED) is 0.196. The number of aromatic nitrogens is 2. The lowest BCUT2D eigenvalue weighted by molar-refractivity contribution is 0.416. The van der Waals surface area contributed by atoms with Crippen LogP contribution in [0, 0.1) is 0 Å². The maximum Gasteiger partial charge on any atom is 0.128 e. The van der Waals surface area contributed by atoms with Crippen LogP contribution in [0.4, 0.5) is 0 Å². The first-order valence-electron chi connectivity index (χ1n) is 13.9. The predicted molar refractivity (Wildman–Crippen MR) is 172 cm³/mol. The molecule has 0 unspecified atom stereocenters. The number of ether oxygens (including phenoxy) is 2. The number of nitrogens with zero attached hydrogens (tertiary/aromatic N) is 2. The van der Waals surface area contributed by atoms with Crippen LogP contribution in [0.5, 0.6) is 11.5 Å². The van der Waals surface area contributed by atoms with Crippen molar-refractivity contribution in [1.29, 1.82) is 0 Å². The van der Waals surface area contributed by atoms with Crippen molar-refractivity contribution in [2.24, 2.45) is 0 Å². The molecule has 2 heterocycles. The number of hydrogen-bond acceptors (Lipinski definition) is 4. The number of benzene rings is 5. The summed E-state index contributed by atoms with van der Waals surface area (Å²) in [5, 5.41) is 2.05. The van der Waals surface area contributed by atoms with Gasteiger partial charge in [0.05, 0.1) is 36.6 Å². The Morgan fingerprint density at radius 2 is 0.810 bits per heavy atom. The van der Waals surface area contributed by atoms with Crippen LogP contribution in [0.25, 0.3) is 66.6 Å². The van der Waals surface area contributed by atoms with Gasteiger partial charge in [0.1, 0.15) is 11.5 Å². The molecule has 7 aromatic rings. The third-order valence-electron chi connectivity index (χ3n) is 7.68. The minimum Gasteiger partial charge on any atom is -0.496 e. The Labute approximate surface area is 244 Å². The van der Waals surface area contributed by atoms with Gasteiger partial charge in [0, 0.05) is 21.9 Å². The Morgan fingerprint density at radius 3 is 1.21 bits per heavy atom. The Morgan fingerprint density at radius 1 is 0.405 bits per heavy atom. The molecule has 0 N–H and O–H groups in total. The van der Waals surface area contributed by atoms with Crippen LogP contribution in [0.2, 0.25) is 0 Å². The molecular formula is C38H28N2O2. The molecule has 0 saturated heterocycles. The second-order valence-corrected chi connectivity index (χ2v) is 10.2. The molecule has 4 nitrogen and oxygen atoms in total. The smallest absolute Gasteiger partial charge is 0.128 e. The molecule has 0 radical (unpaired) electrons. The summed E-state index contributed by atoms with van der Waals surface area (Å²) in [6.07, 6.45) is 0. The zero-order chi connectivity index (χ0) is 28.5. The van der Waals surface area contributed by atoms with E-state index in [-0.39, 0.29) is 0 Å². The van der Waals surface area contributed by atoms with Gasteiger partial charge in [-0.05, 0) is 58.7 Å². The highest BCUT2D eigenvalue weighted by Crippen LogP contribution is 2.37. The van der Waals surface area contributed by atoms with Gasteiger partial charge in [0.15, 0.2) is 0 Å². The fraction of sp³-hybridized carbons (Fsp3) is 0.0526. The van der Waals surface area contributed by atoms with E-state index in [0.717, 1.165) is 78.1 Å². The summed E-state index contributed by atoms with van der Waals surface area (Å²) in [6, 6.07) is 45.7. The highest BCUT2D eigenvalue weighted by Gasteiger charge is 2.15. The van der Waals surface area contributed by atoms with Gasteiger partial charge in [-0.1, -0.05) is 97.1 Å². The second kappa shape index (κ2) is 10.8. The molecule has 0 aliphatic carbocycles. The molecular weight excluding hydrogens is 516 g/mol. The molecule has 0 aliphatic rings. The van der Waals surface area contributed by atoms with Crippen molar-refractivity contribution in [1.82, 2.24) is 9.97 Å². The van der Waals surface area contributed by atoms with Gasteiger partial charge in [-0.15, -0.1) is 0 Å². The fourth-order valence-corrected chi connectivity index (χ4v) is 5.50. The van der Waals surface area contributed by atoms with E-state index in [1.54, 1.807) is 14.2 Å². The molecule has 0 bridgehead atoms. The first kappa shape index (κ1) is 25.5. The van der Waals surface area contributed by atoms with E-state index in [4.69, 9.17) is 19.4 Å². The Balaban J connectivity index is 1.39. The van der Waals surface area contributed by atoms with Crippen molar-refractivity contribution in [3.8, 4) is 56.3 Å². The topological polar surface area (TPSA) is 44.2 Å². The van der Waals surface area contributed by atoms with E-state index >= 15 is 0 Å². The zero-order valence-corrected chi connectivity index (χ0v) is 23.4. The van der Waals surface area contributed by atoms with Gasteiger partial charge >= 0.3 is 0 Å². The lowest BCUT2D eigenvalue weighted by Gasteiger charge is -2.13. The summed E-state index contributed by atoms with van der Waals surface area (Å²) in [4.78, 5) is 10.4. The van der Waals surface area contributed by atoms with Crippen LogP contribution in [0.15, 0.2) is 133 Å². The summed E-state index contributed by atoms with van der Waals surface area (Å²) in [7, 11) is 3.39. The van der Waals surface area contributed by atoms with E-state index in [9.17, 15) is 0 Å². The Kier molecular flexibility index (Phi) is 6.57. The van der Waals surface area contributed by atoms with Crippen molar-refractivity contribution >= 4 is 21.8 Å². The summed E-state index contributed by atoms with van der Waals surface area (Å²) < 4.78 is 11.5. The van der Waals surface area contributed by atoms with Crippen LogP contribution < -0.4 is 9.47 Å². The molecule has 0 saturated carbocycles. The van der Waals surface area contributed by atoms with Gasteiger partial charge in [-0.2, -0.15) is 0 Å². The third kappa shape index (κ3) is 4.63. The molecule has 5 aromatic carbocycles. The molecule has 0 spiro atoms. The van der Waals surface area contributed by atoms with Crippen molar-refractivity contribution in [3.05, 3.63) is 133 Å². The fourth-order valence-electron chi connectivity index (χ4n) is 5.50. The molecule has 0 fully saturated rings. The summed E-state index contributed by atoms with van der Waals surface area (Å²) in [6.45, 7) is 0. The number of methoxy groups -OCH3 is 2. The predicted octanol–water partition coefficient (Wildman–Crippen LogP) is 9.47. The van der Waals surface area contributed by atoms with Gasteiger partial charge in [-0.25, -0.2) is 9.97 Å². The summed E-state index contributed by atoms with van der Waals surface area (Å²) in [5.74, 6) is 1.55. The second-order valence-electron chi connectivity index (χ2n) is 10.2. The SMILES string of the molecule is COc1ccc(-c2ccccc2)cc1-c1ccc2ccc3ccc(-c4cc(-c5ccccc5)ccc4OC)nc3c2n1. The average molecular weight is 545 g/mol. The minimum atomic E-state index is 0.776. The summed E-state index contributed by atoms with van der Waals surface area (Å²) >= 11 is 0. The average Bonchev–Trinajstić information content (AvgIpc) is 3.08. The largest absolute Gasteiger partial charge is 0.496 e. The van der Waals surface area contributed by atoms with Gasteiger partial charge in [0.2, 0.25) is 0 Å².